The third-order valence-electron chi connectivity index (χ3n) is 9.61. The van der Waals surface area contributed by atoms with Gasteiger partial charge in [0.2, 0.25) is 0 Å². The molecule has 0 aliphatic heterocycles. The number of ether oxygens (including phenoxy) is 1. The summed E-state index contributed by atoms with van der Waals surface area (Å²) >= 11 is 0. The van der Waals surface area contributed by atoms with E-state index in [9.17, 15) is 0 Å². The van der Waals surface area contributed by atoms with Gasteiger partial charge in [0.25, 0.3) is 0 Å². The summed E-state index contributed by atoms with van der Waals surface area (Å²) < 4.78 is 10.8. The number of aromatic nitrogens is 4. The van der Waals surface area contributed by atoms with Crippen molar-refractivity contribution in [2.45, 2.75) is 85.5 Å². The molecule has 0 atom stereocenters. The van der Waals surface area contributed by atoms with Crippen LogP contribution in [0.5, 0.6) is 11.5 Å². The number of unbranched alkanes of at least 4 members (excludes halogenated alkanes) is 2. The Labute approximate surface area is 317 Å². The van der Waals surface area contributed by atoms with Crippen LogP contribution in [-0.4, -0.2) is 19.3 Å². The van der Waals surface area contributed by atoms with Crippen molar-refractivity contribution in [1.82, 2.24) is 19.3 Å². The minimum atomic E-state index is -0.00625. The molecule has 0 aliphatic carbocycles. The molecule has 7 rings (SSSR count). The predicted molar refractivity (Wildman–Crippen MR) is 206 cm³/mol. The van der Waals surface area contributed by atoms with Gasteiger partial charge < -0.3 is 9.30 Å². The van der Waals surface area contributed by atoms with E-state index >= 15 is 0 Å². The van der Waals surface area contributed by atoms with Gasteiger partial charge in [-0.2, -0.15) is 17.2 Å². The molecule has 6 heteroatoms. The minimum absolute atomic E-state index is 0. The Morgan fingerprint density at radius 3 is 2.31 bits per heavy atom. The fourth-order valence-electron chi connectivity index (χ4n) is 6.96. The maximum atomic E-state index is 6.54. The number of benzene rings is 4. The number of rotatable bonds is 11. The van der Waals surface area contributed by atoms with Crippen molar-refractivity contribution in [3.05, 3.63) is 132 Å². The van der Waals surface area contributed by atoms with E-state index in [4.69, 9.17) is 14.8 Å². The number of nitrogens with zero attached hydrogens (tertiary/aromatic N) is 4. The van der Waals surface area contributed by atoms with E-state index in [1.807, 2.05) is 35.1 Å². The number of hydrogen-bond donors (Lipinski definition) is 0. The fourth-order valence-corrected chi connectivity index (χ4v) is 6.96. The van der Waals surface area contributed by atoms with Crippen LogP contribution >= 0.6 is 0 Å². The molecule has 7 aromatic rings. The Morgan fingerprint density at radius 1 is 0.765 bits per heavy atom. The van der Waals surface area contributed by atoms with Crippen molar-refractivity contribution in [2.24, 2.45) is 0 Å². The topological polar surface area (TPSA) is 44.9 Å². The molecule has 0 bridgehead atoms. The monoisotopic (exact) mass is 853 g/mol. The summed E-state index contributed by atoms with van der Waals surface area (Å²) in [5, 5.41) is 7.41. The molecule has 262 valence electrons. The van der Waals surface area contributed by atoms with Crippen LogP contribution in [0.15, 0.2) is 97.2 Å². The Morgan fingerprint density at radius 2 is 1.57 bits per heavy atom. The van der Waals surface area contributed by atoms with Gasteiger partial charge in [-0.15, -0.1) is 35.7 Å². The second-order valence-electron chi connectivity index (χ2n) is 14.1. The molecule has 3 aromatic heterocycles. The number of aryl methyl sites for hydroxylation is 2. The standard InChI is InChI=1S/C45H46N4O.Pt/c1-7-10-12-16-31-21-24-41-38(27-31)37-23-22-36(30-42(37)48(41)43-28-33(25-26-46-43)45(4,5)6)50-35-20-15-19-34(29-35)49-40(9-3)44(39(8-2)47-49)32-17-13-11-14-18-32;/h11,13-15,17-28H,7-10,12,16H2,1-6H3;/q-2;+2. The van der Waals surface area contributed by atoms with Crippen LogP contribution in [0.4, 0.5) is 0 Å². The van der Waals surface area contributed by atoms with Crippen LogP contribution in [0.3, 0.4) is 0 Å². The van der Waals surface area contributed by atoms with Crippen LogP contribution in [0.25, 0.3) is 44.4 Å². The summed E-state index contributed by atoms with van der Waals surface area (Å²) in [7, 11) is 0. The van der Waals surface area contributed by atoms with Gasteiger partial charge in [0.1, 0.15) is 5.82 Å². The van der Waals surface area contributed by atoms with Gasteiger partial charge in [-0.05, 0) is 77.1 Å². The second kappa shape index (κ2) is 15.4. The smallest absolute Gasteiger partial charge is 0.509 e. The molecule has 3 heterocycles. The van der Waals surface area contributed by atoms with E-state index in [0.717, 1.165) is 58.6 Å². The molecule has 0 amide bonds. The first-order chi connectivity index (χ1) is 24.3. The Hall–Kier alpha value is -4.47. The molecule has 0 N–H and O–H groups in total. The van der Waals surface area contributed by atoms with E-state index in [1.54, 1.807) is 0 Å². The zero-order valence-corrected chi connectivity index (χ0v) is 32.8. The first-order valence-electron chi connectivity index (χ1n) is 18.1. The molecule has 0 spiro atoms. The molecule has 0 aliphatic rings. The second-order valence-corrected chi connectivity index (χ2v) is 14.1. The van der Waals surface area contributed by atoms with Gasteiger partial charge in [-0.1, -0.05) is 102 Å². The molecule has 4 aromatic carbocycles. The molecule has 0 unspecified atom stereocenters. The van der Waals surface area contributed by atoms with Gasteiger partial charge in [-0.25, -0.2) is 4.98 Å². The third kappa shape index (κ3) is 7.32. The van der Waals surface area contributed by atoms with Gasteiger partial charge in [0.15, 0.2) is 0 Å². The SMILES string of the molecule is CCCCCc1ccc2c(c1)c1ccc(Oc3[c-]c(-n4nc(CC)c(-c5ccccc5)c4CC)ccc3)[c-]c1n2-c1cc(C(C)(C)C)ccn1.[Pt+2]. The zero-order chi connectivity index (χ0) is 34.8. The van der Waals surface area contributed by atoms with E-state index in [1.165, 1.54) is 46.9 Å². The van der Waals surface area contributed by atoms with Crippen molar-refractivity contribution in [3.8, 4) is 34.1 Å². The van der Waals surface area contributed by atoms with Gasteiger partial charge >= 0.3 is 21.1 Å². The molecular formula is C45H46N4OPt. The third-order valence-corrected chi connectivity index (χ3v) is 9.61. The molecule has 51 heavy (non-hydrogen) atoms. The summed E-state index contributed by atoms with van der Waals surface area (Å²) in [5.74, 6) is 2.12. The summed E-state index contributed by atoms with van der Waals surface area (Å²) in [6, 6.07) is 39.1. The van der Waals surface area contributed by atoms with Crippen molar-refractivity contribution >= 4 is 21.8 Å². The minimum Gasteiger partial charge on any atom is -0.509 e. The van der Waals surface area contributed by atoms with Crippen LogP contribution in [0.1, 0.15) is 83.3 Å². The Bertz CT molecular complexity index is 2280. The number of fused-ring (bicyclic) bond motifs is 3. The molecule has 0 saturated heterocycles. The average Bonchev–Trinajstić information content (AvgIpc) is 3.67. The van der Waals surface area contributed by atoms with Crippen LogP contribution in [-0.2, 0) is 45.7 Å². The van der Waals surface area contributed by atoms with Crippen molar-refractivity contribution < 1.29 is 25.8 Å². The van der Waals surface area contributed by atoms with E-state index in [0.29, 0.717) is 11.5 Å². The van der Waals surface area contributed by atoms with Crippen LogP contribution < -0.4 is 4.74 Å². The molecule has 0 fully saturated rings. The fraction of sp³-hybridized carbons (Fsp3) is 0.289. The van der Waals surface area contributed by atoms with Crippen molar-refractivity contribution in [2.75, 3.05) is 0 Å². The molecular weight excluding hydrogens is 808 g/mol. The first kappa shape index (κ1) is 36.3. The quantitative estimate of drug-likeness (QED) is 0.0962. The van der Waals surface area contributed by atoms with Crippen molar-refractivity contribution in [1.29, 1.82) is 0 Å². The molecule has 5 nitrogen and oxygen atoms in total. The maximum absolute atomic E-state index is 6.54. The van der Waals surface area contributed by atoms with E-state index < -0.39 is 0 Å². The number of hydrogen-bond acceptors (Lipinski definition) is 3. The zero-order valence-electron chi connectivity index (χ0n) is 30.5. The van der Waals surface area contributed by atoms with Gasteiger partial charge in [0, 0.05) is 34.5 Å². The Kier molecular flexibility index (Phi) is 11.0. The predicted octanol–water partition coefficient (Wildman–Crippen LogP) is 11.6. The summed E-state index contributed by atoms with van der Waals surface area (Å²) in [6.45, 7) is 13.3. The van der Waals surface area contributed by atoms with E-state index in [-0.39, 0.29) is 26.5 Å². The maximum Gasteiger partial charge on any atom is 2.00 e. The average molecular weight is 854 g/mol. The largest absolute Gasteiger partial charge is 2.00 e. The summed E-state index contributed by atoms with van der Waals surface area (Å²) in [6.07, 6.45) is 8.33. The van der Waals surface area contributed by atoms with E-state index in [2.05, 4.69) is 125 Å². The normalized spacial score (nSPS) is 11.6. The Balaban J connectivity index is 0.00000448. The van der Waals surface area contributed by atoms with Gasteiger partial charge in [-0.3, -0.25) is 4.68 Å². The van der Waals surface area contributed by atoms with Crippen molar-refractivity contribution in [3.63, 3.8) is 0 Å². The molecule has 0 radical (unpaired) electrons. The first-order valence-corrected chi connectivity index (χ1v) is 18.1. The van der Waals surface area contributed by atoms with Crippen LogP contribution in [0, 0.1) is 12.1 Å². The van der Waals surface area contributed by atoms with Crippen LogP contribution in [0.2, 0.25) is 0 Å². The molecule has 0 saturated carbocycles. The summed E-state index contributed by atoms with van der Waals surface area (Å²) in [5.41, 5.74) is 10.1. The van der Waals surface area contributed by atoms with Gasteiger partial charge in [0.05, 0.1) is 5.69 Å². The summed E-state index contributed by atoms with van der Waals surface area (Å²) in [4.78, 5) is 4.88. The number of pyridine rings is 1.